The Morgan fingerprint density at radius 2 is 1.85 bits per heavy atom. The van der Waals surface area contributed by atoms with Gasteiger partial charge in [-0.05, 0) is 30.7 Å². The predicted molar refractivity (Wildman–Crippen MR) is 128 cm³/mol. The largest absolute Gasteiger partial charge is 0.480 e. The van der Waals surface area contributed by atoms with Crippen LogP contribution >= 0.6 is 12.6 Å². The SMILES string of the molecule is CC(C)C[C@H](NC(=O)[C@@H]1CCCN1C(=O)[C@H](CS)NCc1ccccc1)C(=O)NCC(=O)O. The number of nitrogens with zero attached hydrogens (tertiary/aromatic N) is 1. The van der Waals surface area contributed by atoms with E-state index >= 15 is 0 Å². The Bertz CT molecular complexity index is 820. The van der Waals surface area contributed by atoms with Crippen LogP contribution in [0.1, 0.15) is 38.7 Å². The molecule has 0 bridgehead atoms. The quantitative estimate of drug-likeness (QED) is 0.283. The van der Waals surface area contributed by atoms with Crippen LogP contribution in [-0.4, -0.2) is 70.7 Å². The monoisotopic (exact) mass is 478 g/mol. The van der Waals surface area contributed by atoms with Gasteiger partial charge >= 0.3 is 5.97 Å². The fraction of sp³-hybridized carbons (Fsp3) is 0.565. The molecule has 10 heteroatoms. The Balaban J connectivity index is 2.02. The summed E-state index contributed by atoms with van der Waals surface area (Å²) in [5, 5.41) is 17.1. The van der Waals surface area contributed by atoms with Crippen LogP contribution in [0.15, 0.2) is 30.3 Å². The first-order valence-corrected chi connectivity index (χ1v) is 11.8. The molecular formula is C23H34N4O5S. The van der Waals surface area contributed by atoms with Crippen molar-refractivity contribution < 1.29 is 24.3 Å². The molecule has 0 aliphatic carbocycles. The lowest BCUT2D eigenvalue weighted by atomic mass is 10.0. The van der Waals surface area contributed by atoms with E-state index in [0.717, 1.165) is 5.56 Å². The number of likely N-dealkylation sites (tertiary alicyclic amines) is 1. The van der Waals surface area contributed by atoms with Crippen molar-refractivity contribution in [1.29, 1.82) is 0 Å². The minimum absolute atomic E-state index is 0.0999. The number of aliphatic carboxylic acids is 1. The molecular weight excluding hydrogens is 444 g/mol. The zero-order valence-corrected chi connectivity index (χ0v) is 20.0. The van der Waals surface area contributed by atoms with Crippen LogP contribution in [0.4, 0.5) is 0 Å². The Hall–Kier alpha value is -2.59. The molecule has 1 fully saturated rings. The molecule has 33 heavy (non-hydrogen) atoms. The van der Waals surface area contributed by atoms with Crippen LogP contribution in [0.25, 0.3) is 0 Å². The molecule has 1 heterocycles. The fourth-order valence-corrected chi connectivity index (χ4v) is 4.11. The van der Waals surface area contributed by atoms with Crippen molar-refractivity contribution in [3.8, 4) is 0 Å². The summed E-state index contributed by atoms with van der Waals surface area (Å²) in [6.07, 6.45) is 1.54. The zero-order valence-electron chi connectivity index (χ0n) is 19.1. The first kappa shape index (κ1) is 26.7. The topological polar surface area (TPSA) is 128 Å². The Kier molecular flexibility index (Phi) is 10.7. The number of thiol groups is 1. The molecule has 3 atom stereocenters. The lowest BCUT2D eigenvalue weighted by Crippen LogP contribution is -2.56. The number of amides is 3. The molecule has 4 N–H and O–H groups in total. The minimum atomic E-state index is -1.16. The third kappa shape index (κ3) is 8.36. The van der Waals surface area contributed by atoms with E-state index in [-0.39, 0.29) is 17.6 Å². The number of nitrogens with one attached hydrogen (secondary N) is 3. The summed E-state index contributed by atoms with van der Waals surface area (Å²) in [7, 11) is 0. The second-order valence-electron chi connectivity index (χ2n) is 8.59. The number of hydrogen-bond donors (Lipinski definition) is 5. The van der Waals surface area contributed by atoms with E-state index in [1.807, 2.05) is 44.2 Å². The van der Waals surface area contributed by atoms with Gasteiger partial charge in [0.1, 0.15) is 18.6 Å². The Morgan fingerprint density at radius 1 is 1.15 bits per heavy atom. The zero-order chi connectivity index (χ0) is 24.4. The van der Waals surface area contributed by atoms with Crippen LogP contribution in [-0.2, 0) is 25.7 Å². The van der Waals surface area contributed by atoms with Gasteiger partial charge in [0.05, 0.1) is 6.04 Å². The number of hydrogen-bond acceptors (Lipinski definition) is 6. The third-order valence-electron chi connectivity index (χ3n) is 5.47. The van der Waals surface area contributed by atoms with Crippen molar-refractivity contribution in [2.45, 2.75) is 57.8 Å². The second-order valence-corrected chi connectivity index (χ2v) is 8.96. The molecule has 0 spiro atoms. The van der Waals surface area contributed by atoms with Gasteiger partial charge in [-0.3, -0.25) is 19.2 Å². The molecule has 2 rings (SSSR count). The average Bonchev–Trinajstić information content (AvgIpc) is 3.27. The average molecular weight is 479 g/mol. The number of carboxylic acids is 1. The van der Waals surface area contributed by atoms with Crippen LogP contribution in [0.5, 0.6) is 0 Å². The van der Waals surface area contributed by atoms with Crippen molar-refractivity contribution >= 4 is 36.3 Å². The summed E-state index contributed by atoms with van der Waals surface area (Å²) in [4.78, 5) is 51.0. The standard InChI is InChI=1S/C23H34N4O5S/c1-15(2)11-17(21(30)25-13-20(28)29)26-22(31)19-9-6-10-27(19)23(32)18(14-33)24-12-16-7-4-3-5-8-16/h3-5,7-8,15,17-19,24,33H,6,9-14H2,1-2H3,(H,25,30)(H,26,31)(H,28,29)/t17-,18-,19-/m0/s1. The van der Waals surface area contributed by atoms with Gasteiger partial charge in [-0.15, -0.1) is 0 Å². The van der Waals surface area contributed by atoms with Crippen molar-refractivity contribution in [1.82, 2.24) is 20.9 Å². The van der Waals surface area contributed by atoms with Crippen molar-refractivity contribution in [2.75, 3.05) is 18.8 Å². The molecule has 1 aromatic rings. The minimum Gasteiger partial charge on any atom is -0.480 e. The lowest BCUT2D eigenvalue weighted by molar-refractivity contribution is -0.141. The molecule has 0 saturated carbocycles. The molecule has 1 aliphatic heterocycles. The van der Waals surface area contributed by atoms with E-state index in [2.05, 4.69) is 28.6 Å². The van der Waals surface area contributed by atoms with Gasteiger partial charge in [0.2, 0.25) is 17.7 Å². The van der Waals surface area contributed by atoms with Gasteiger partial charge in [-0.2, -0.15) is 12.6 Å². The van der Waals surface area contributed by atoms with E-state index in [4.69, 9.17) is 5.11 Å². The van der Waals surface area contributed by atoms with Gasteiger partial charge in [0.25, 0.3) is 0 Å². The number of carbonyl (C=O) groups excluding carboxylic acids is 3. The Morgan fingerprint density at radius 3 is 2.45 bits per heavy atom. The summed E-state index contributed by atoms with van der Waals surface area (Å²) in [6, 6.07) is 7.60. The second kappa shape index (κ2) is 13.2. The smallest absolute Gasteiger partial charge is 0.322 e. The highest BCUT2D eigenvalue weighted by atomic mass is 32.1. The highest BCUT2D eigenvalue weighted by Gasteiger charge is 2.38. The van der Waals surface area contributed by atoms with Gasteiger partial charge < -0.3 is 26.0 Å². The van der Waals surface area contributed by atoms with Gasteiger partial charge in [0, 0.05) is 18.8 Å². The van der Waals surface area contributed by atoms with E-state index < -0.39 is 42.5 Å². The third-order valence-corrected chi connectivity index (χ3v) is 5.83. The highest BCUT2D eigenvalue weighted by molar-refractivity contribution is 7.80. The molecule has 1 aromatic carbocycles. The summed E-state index contributed by atoms with van der Waals surface area (Å²) in [6.45, 7) is 4.25. The highest BCUT2D eigenvalue weighted by Crippen LogP contribution is 2.20. The van der Waals surface area contributed by atoms with E-state index in [1.54, 1.807) is 4.90 Å². The maximum absolute atomic E-state index is 13.2. The number of carboxylic acid groups (broad SMARTS) is 1. The summed E-state index contributed by atoms with van der Waals surface area (Å²) < 4.78 is 0. The summed E-state index contributed by atoms with van der Waals surface area (Å²) in [5.74, 6) is -1.93. The molecule has 0 radical (unpaired) electrons. The van der Waals surface area contributed by atoms with Gasteiger partial charge in [0.15, 0.2) is 0 Å². The molecule has 1 saturated heterocycles. The van der Waals surface area contributed by atoms with Gasteiger partial charge in [-0.1, -0.05) is 44.2 Å². The van der Waals surface area contributed by atoms with Gasteiger partial charge in [-0.25, -0.2) is 0 Å². The molecule has 9 nitrogen and oxygen atoms in total. The molecule has 0 aromatic heterocycles. The van der Waals surface area contributed by atoms with Crippen LogP contribution in [0, 0.1) is 5.92 Å². The predicted octanol–water partition coefficient (Wildman–Crippen LogP) is 0.797. The molecule has 3 amide bonds. The van der Waals surface area contributed by atoms with E-state index in [0.29, 0.717) is 32.4 Å². The van der Waals surface area contributed by atoms with Crippen molar-refractivity contribution in [3.63, 3.8) is 0 Å². The van der Waals surface area contributed by atoms with Crippen LogP contribution in [0.3, 0.4) is 0 Å². The van der Waals surface area contributed by atoms with Crippen molar-refractivity contribution in [2.24, 2.45) is 5.92 Å². The lowest BCUT2D eigenvalue weighted by Gasteiger charge is -2.29. The fourth-order valence-electron chi connectivity index (χ4n) is 3.83. The van der Waals surface area contributed by atoms with E-state index in [1.165, 1.54) is 0 Å². The Labute approximate surface area is 200 Å². The normalized spacial score (nSPS) is 17.5. The maximum atomic E-state index is 13.2. The van der Waals surface area contributed by atoms with Crippen LogP contribution in [0.2, 0.25) is 0 Å². The molecule has 182 valence electrons. The number of benzene rings is 1. The first-order valence-electron chi connectivity index (χ1n) is 11.2. The number of carbonyl (C=O) groups is 4. The van der Waals surface area contributed by atoms with Crippen LogP contribution < -0.4 is 16.0 Å². The van der Waals surface area contributed by atoms with E-state index in [9.17, 15) is 19.2 Å². The first-order chi connectivity index (χ1) is 15.7. The summed E-state index contributed by atoms with van der Waals surface area (Å²) in [5.41, 5.74) is 1.04. The maximum Gasteiger partial charge on any atom is 0.322 e. The molecule has 0 unspecified atom stereocenters. The van der Waals surface area contributed by atoms with Crippen molar-refractivity contribution in [3.05, 3.63) is 35.9 Å². The summed E-state index contributed by atoms with van der Waals surface area (Å²) >= 11 is 4.32. The number of rotatable bonds is 12. The molecule has 1 aliphatic rings.